The molecule has 1 saturated carbocycles. The predicted octanol–water partition coefficient (Wildman–Crippen LogP) is -0.556. The highest BCUT2D eigenvalue weighted by molar-refractivity contribution is 5.73. The van der Waals surface area contributed by atoms with Crippen LogP contribution in [0.1, 0.15) is 39.0 Å². The van der Waals surface area contributed by atoms with Crippen LogP contribution in [0.4, 0.5) is 0 Å². The molecule has 1 aliphatic heterocycles. The first-order valence-electron chi connectivity index (χ1n) is 8.04. The van der Waals surface area contributed by atoms with Crippen molar-refractivity contribution in [1.29, 1.82) is 0 Å². The highest BCUT2D eigenvalue weighted by atomic mass is 16.5. The van der Waals surface area contributed by atoms with E-state index in [9.17, 15) is 9.90 Å². The van der Waals surface area contributed by atoms with Crippen LogP contribution in [-0.4, -0.2) is 67.5 Å². The number of carbonyl (C=O) groups excluding carboxylic acids is 1. The highest BCUT2D eigenvalue weighted by Crippen LogP contribution is 2.20. The minimum atomic E-state index is -0.379. The largest absolute Gasteiger partial charge is 0.385 e. The Morgan fingerprint density at radius 1 is 1.30 bits per heavy atom. The molecule has 5 heteroatoms. The first-order chi connectivity index (χ1) is 9.65. The maximum absolute atomic E-state index is 11.3. The average Bonchev–Trinajstić information content (AvgIpc) is 2.47. The van der Waals surface area contributed by atoms with E-state index in [0.29, 0.717) is 12.7 Å². The van der Waals surface area contributed by atoms with Gasteiger partial charge >= 0.3 is 0 Å². The normalized spacial score (nSPS) is 23.8. The molecule has 0 radical (unpaired) electrons. The van der Waals surface area contributed by atoms with E-state index in [1.54, 1.807) is 6.92 Å². The lowest BCUT2D eigenvalue weighted by Gasteiger charge is -2.32. The lowest BCUT2D eigenvalue weighted by atomic mass is 9.98. The van der Waals surface area contributed by atoms with Gasteiger partial charge in [0.15, 0.2) is 0 Å². The van der Waals surface area contributed by atoms with E-state index >= 15 is 0 Å². The van der Waals surface area contributed by atoms with Crippen molar-refractivity contribution in [1.82, 2.24) is 4.90 Å². The van der Waals surface area contributed by atoms with E-state index in [0.717, 1.165) is 45.6 Å². The van der Waals surface area contributed by atoms with Crippen molar-refractivity contribution in [3.05, 3.63) is 0 Å². The van der Waals surface area contributed by atoms with Crippen molar-refractivity contribution >= 4 is 5.91 Å². The average molecular weight is 285 g/mol. The molecule has 20 heavy (non-hydrogen) atoms. The van der Waals surface area contributed by atoms with Crippen molar-refractivity contribution in [2.75, 3.05) is 39.3 Å². The van der Waals surface area contributed by atoms with Crippen LogP contribution in [-0.2, 0) is 9.53 Å². The van der Waals surface area contributed by atoms with Gasteiger partial charge in [0.05, 0.1) is 38.9 Å². The Labute approximate surface area is 121 Å². The summed E-state index contributed by atoms with van der Waals surface area (Å²) in [4.78, 5) is 14.5. The summed E-state index contributed by atoms with van der Waals surface area (Å²) in [6.45, 7) is 6.29. The van der Waals surface area contributed by atoms with Gasteiger partial charge in [0.25, 0.3) is 0 Å². The second-order valence-corrected chi connectivity index (χ2v) is 6.21. The molecule has 1 saturated heterocycles. The van der Waals surface area contributed by atoms with Gasteiger partial charge in [0.1, 0.15) is 12.6 Å². The van der Waals surface area contributed by atoms with Gasteiger partial charge in [-0.2, -0.15) is 0 Å². The van der Waals surface area contributed by atoms with Gasteiger partial charge in [0, 0.05) is 6.92 Å². The fourth-order valence-electron chi connectivity index (χ4n) is 3.21. The highest BCUT2D eigenvalue weighted by Gasteiger charge is 2.24. The molecule has 1 atom stereocenters. The Kier molecular flexibility index (Phi) is 6.26. The number of aliphatic hydroxyl groups excluding tert-OH is 1. The molecule has 2 rings (SSSR count). The van der Waals surface area contributed by atoms with Crippen molar-refractivity contribution in [2.45, 2.75) is 51.2 Å². The summed E-state index contributed by atoms with van der Waals surface area (Å²) in [6, 6.07) is 0. The van der Waals surface area contributed by atoms with E-state index < -0.39 is 0 Å². The van der Waals surface area contributed by atoms with E-state index in [1.807, 2.05) is 4.90 Å². The summed E-state index contributed by atoms with van der Waals surface area (Å²) >= 11 is 0. The Morgan fingerprint density at radius 3 is 2.55 bits per heavy atom. The van der Waals surface area contributed by atoms with Crippen LogP contribution in [0.25, 0.3) is 0 Å². The van der Waals surface area contributed by atoms with Gasteiger partial charge in [-0.15, -0.1) is 0 Å². The number of hydrogen-bond acceptors (Lipinski definition) is 3. The lowest BCUT2D eigenvalue weighted by molar-refractivity contribution is -0.907. The Bertz CT molecular complexity index is 297. The molecule has 1 amide bonds. The molecule has 2 N–H and O–H groups in total. The summed E-state index contributed by atoms with van der Waals surface area (Å²) in [5, 5.41) is 10.1. The number of ether oxygens (including phenoxy) is 1. The molecule has 5 nitrogen and oxygen atoms in total. The van der Waals surface area contributed by atoms with Crippen LogP contribution >= 0.6 is 0 Å². The van der Waals surface area contributed by atoms with E-state index in [4.69, 9.17) is 4.74 Å². The number of quaternary nitrogens is 1. The van der Waals surface area contributed by atoms with Gasteiger partial charge in [-0.05, 0) is 12.8 Å². The second kappa shape index (κ2) is 7.96. The smallest absolute Gasteiger partial charge is 0.219 e. The van der Waals surface area contributed by atoms with Crippen LogP contribution in [0.15, 0.2) is 0 Å². The van der Waals surface area contributed by atoms with Crippen LogP contribution < -0.4 is 4.90 Å². The zero-order valence-electron chi connectivity index (χ0n) is 12.6. The van der Waals surface area contributed by atoms with Gasteiger partial charge in [-0.1, -0.05) is 19.3 Å². The fourth-order valence-corrected chi connectivity index (χ4v) is 3.21. The summed E-state index contributed by atoms with van der Waals surface area (Å²) < 4.78 is 5.82. The number of nitrogens with zero attached hydrogens (tertiary/aromatic N) is 1. The topological polar surface area (TPSA) is 54.2 Å². The van der Waals surface area contributed by atoms with Crippen LogP contribution in [0.3, 0.4) is 0 Å². The third-order valence-corrected chi connectivity index (χ3v) is 4.52. The monoisotopic (exact) mass is 285 g/mol. The number of aliphatic hydroxyl groups is 1. The lowest BCUT2D eigenvalue weighted by Crippen LogP contribution is -3.15. The first kappa shape index (κ1) is 15.7. The van der Waals surface area contributed by atoms with Gasteiger partial charge in [0.2, 0.25) is 5.91 Å². The zero-order valence-corrected chi connectivity index (χ0v) is 12.6. The molecule has 2 aliphatic rings. The maximum Gasteiger partial charge on any atom is 0.219 e. The van der Waals surface area contributed by atoms with Crippen molar-refractivity contribution in [3.63, 3.8) is 0 Å². The Hall–Kier alpha value is -0.650. The summed E-state index contributed by atoms with van der Waals surface area (Å²) in [6.07, 6.45) is 6.14. The summed E-state index contributed by atoms with van der Waals surface area (Å²) in [5.74, 6) is 0.158. The molecule has 1 aliphatic carbocycles. The van der Waals surface area contributed by atoms with Crippen LogP contribution in [0, 0.1) is 0 Å². The third-order valence-electron chi connectivity index (χ3n) is 4.52. The number of carbonyl (C=O) groups is 1. The Balaban J connectivity index is 1.60. The van der Waals surface area contributed by atoms with Crippen LogP contribution in [0.2, 0.25) is 0 Å². The molecular weight excluding hydrogens is 256 g/mol. The molecule has 2 fully saturated rings. The number of hydrogen-bond donors (Lipinski definition) is 2. The molecule has 0 aromatic rings. The van der Waals surface area contributed by atoms with Gasteiger partial charge in [-0.25, -0.2) is 0 Å². The predicted molar refractivity (Wildman–Crippen MR) is 76.6 cm³/mol. The van der Waals surface area contributed by atoms with E-state index in [1.165, 1.54) is 24.2 Å². The van der Waals surface area contributed by atoms with Crippen LogP contribution in [0.5, 0.6) is 0 Å². The standard InChI is InChI=1S/C15H28N2O3/c1-13(18)17-9-7-16(8-10-17)11-14(19)12-20-15-5-3-2-4-6-15/h14-15,19H,2-12H2,1H3/p+1. The second-order valence-electron chi connectivity index (χ2n) is 6.21. The molecular formula is C15H29N2O3+. The SMILES string of the molecule is CC(=O)N1CC[NH+](CC(O)COC2CCCCC2)CC1. The van der Waals surface area contributed by atoms with Gasteiger partial charge in [-0.3, -0.25) is 4.79 Å². The quantitative estimate of drug-likeness (QED) is 0.712. The first-order valence-corrected chi connectivity index (χ1v) is 8.04. The van der Waals surface area contributed by atoms with Crippen molar-refractivity contribution in [3.8, 4) is 0 Å². The summed E-state index contributed by atoms with van der Waals surface area (Å²) in [5.41, 5.74) is 0. The Morgan fingerprint density at radius 2 is 1.95 bits per heavy atom. The van der Waals surface area contributed by atoms with Crippen molar-refractivity contribution < 1.29 is 19.5 Å². The number of rotatable bonds is 5. The molecule has 0 spiro atoms. The van der Waals surface area contributed by atoms with E-state index in [-0.39, 0.29) is 12.0 Å². The molecule has 0 aromatic heterocycles. The molecule has 1 unspecified atom stereocenters. The van der Waals surface area contributed by atoms with E-state index in [2.05, 4.69) is 0 Å². The minimum absolute atomic E-state index is 0.158. The minimum Gasteiger partial charge on any atom is -0.385 e. The maximum atomic E-state index is 11.3. The number of amides is 1. The number of piperazine rings is 1. The molecule has 1 heterocycles. The zero-order chi connectivity index (χ0) is 14.4. The molecule has 116 valence electrons. The van der Waals surface area contributed by atoms with Gasteiger partial charge < -0.3 is 19.6 Å². The number of nitrogens with one attached hydrogen (secondary N) is 1. The fraction of sp³-hybridized carbons (Fsp3) is 0.933. The summed E-state index contributed by atoms with van der Waals surface area (Å²) in [7, 11) is 0. The molecule has 0 bridgehead atoms. The molecule has 0 aromatic carbocycles. The van der Waals surface area contributed by atoms with Crippen molar-refractivity contribution in [2.24, 2.45) is 0 Å². The third kappa shape index (κ3) is 5.04.